The van der Waals surface area contributed by atoms with Crippen LogP contribution in [0.5, 0.6) is 0 Å². The van der Waals surface area contributed by atoms with Crippen LogP contribution in [0.1, 0.15) is 15.9 Å². The van der Waals surface area contributed by atoms with E-state index in [1.54, 1.807) is 10.7 Å². The van der Waals surface area contributed by atoms with Gasteiger partial charge in [0.15, 0.2) is 0 Å². The molecule has 0 fully saturated rings. The van der Waals surface area contributed by atoms with Crippen LogP contribution in [-0.4, -0.2) is 28.1 Å². The molecule has 2 aromatic rings. The maximum atomic E-state index is 11.5. The molecule has 0 aliphatic rings. The molecule has 0 aliphatic heterocycles. The summed E-state index contributed by atoms with van der Waals surface area (Å²) in [5.41, 5.74) is 2.94. The Labute approximate surface area is 101 Å². The number of hydrogen-bond acceptors (Lipinski definition) is 4. The summed E-state index contributed by atoms with van der Waals surface area (Å²) < 4.78 is 6.39. The summed E-state index contributed by atoms with van der Waals surface area (Å²) in [7, 11) is 3.17. The number of aromatic nitrogens is 3. The Bertz CT molecular complexity index is 550. The van der Waals surface area contributed by atoms with Crippen molar-refractivity contribution >= 4 is 32.9 Å². The lowest BCUT2D eigenvalue weighted by Crippen LogP contribution is -2.05. The monoisotopic (exact) mass is 283 g/mol. The number of carbonyl (C=O) groups is 1. The Morgan fingerprint density at radius 1 is 1.56 bits per heavy atom. The second-order valence-electron chi connectivity index (χ2n) is 3.30. The Kier molecular flexibility index (Phi) is 2.91. The molecule has 0 N–H and O–H groups in total. The van der Waals surface area contributed by atoms with Gasteiger partial charge in [-0.15, -0.1) is 5.10 Å². The van der Waals surface area contributed by atoms with E-state index in [-0.39, 0.29) is 5.97 Å². The van der Waals surface area contributed by atoms with Gasteiger partial charge >= 0.3 is 5.97 Å². The lowest BCUT2D eigenvalue weighted by Gasteiger charge is -2.05. The number of benzene rings is 1. The molecule has 0 atom stereocenters. The largest absolute Gasteiger partial charge is 0.465 e. The lowest BCUT2D eigenvalue weighted by molar-refractivity contribution is 0.0600. The van der Waals surface area contributed by atoms with Gasteiger partial charge in [0.2, 0.25) is 0 Å². The molecule has 16 heavy (non-hydrogen) atoms. The third-order valence-electron chi connectivity index (χ3n) is 2.43. The minimum absolute atomic E-state index is 0.359. The van der Waals surface area contributed by atoms with Crippen molar-refractivity contribution in [2.24, 2.45) is 7.05 Å². The van der Waals surface area contributed by atoms with Crippen molar-refractivity contribution in [1.29, 1.82) is 0 Å². The topological polar surface area (TPSA) is 57.0 Å². The fourth-order valence-corrected chi connectivity index (χ4v) is 2.16. The first-order valence-corrected chi connectivity index (χ1v) is 5.76. The number of aryl methyl sites for hydroxylation is 1. The first kappa shape index (κ1) is 11.1. The van der Waals surface area contributed by atoms with E-state index < -0.39 is 0 Å². The van der Waals surface area contributed by atoms with E-state index in [1.807, 2.05) is 13.1 Å². The molecule has 0 saturated carbocycles. The number of carbonyl (C=O) groups excluding carboxylic acids is 1. The van der Waals surface area contributed by atoms with E-state index in [9.17, 15) is 4.79 Å². The van der Waals surface area contributed by atoms with Crippen molar-refractivity contribution < 1.29 is 9.53 Å². The number of halogens is 1. The van der Waals surface area contributed by atoms with Crippen LogP contribution in [0, 0.1) is 0 Å². The van der Waals surface area contributed by atoms with Crippen LogP contribution in [0.3, 0.4) is 0 Å². The summed E-state index contributed by atoms with van der Waals surface area (Å²) in [6.45, 7) is 0. The third kappa shape index (κ3) is 1.59. The average Bonchev–Trinajstić information content (AvgIpc) is 2.69. The van der Waals surface area contributed by atoms with E-state index in [2.05, 4.69) is 26.2 Å². The number of nitrogens with zero attached hydrogens (tertiary/aromatic N) is 3. The molecular weight excluding hydrogens is 274 g/mol. The maximum absolute atomic E-state index is 11.5. The number of hydrogen-bond donors (Lipinski definition) is 0. The quantitative estimate of drug-likeness (QED) is 0.621. The molecule has 0 radical (unpaired) electrons. The second kappa shape index (κ2) is 4.21. The van der Waals surface area contributed by atoms with Gasteiger partial charge in [0.05, 0.1) is 18.2 Å². The van der Waals surface area contributed by atoms with E-state index in [0.29, 0.717) is 10.9 Å². The van der Waals surface area contributed by atoms with Crippen LogP contribution in [0.2, 0.25) is 0 Å². The van der Waals surface area contributed by atoms with E-state index in [1.165, 1.54) is 7.11 Å². The first-order chi connectivity index (χ1) is 7.69. The molecule has 1 heterocycles. The molecule has 0 spiro atoms. The van der Waals surface area contributed by atoms with E-state index >= 15 is 0 Å². The highest BCUT2D eigenvalue weighted by atomic mass is 79.9. The number of esters is 1. The smallest absolute Gasteiger partial charge is 0.338 e. The zero-order valence-electron chi connectivity index (χ0n) is 8.90. The highest BCUT2D eigenvalue weighted by molar-refractivity contribution is 9.08. The van der Waals surface area contributed by atoms with Crippen molar-refractivity contribution in [3.63, 3.8) is 0 Å². The van der Waals surface area contributed by atoms with Crippen LogP contribution in [0.15, 0.2) is 12.1 Å². The molecule has 6 heteroatoms. The molecule has 0 unspecified atom stereocenters. The standard InChI is InChI=1S/C10H10BrN3O2/c1-14-8-4-3-6(10(15)16-2)7(5-11)9(8)12-13-14/h3-4H,5H2,1-2H3. The molecule has 0 saturated heterocycles. The van der Waals surface area contributed by atoms with Crippen LogP contribution in [0.4, 0.5) is 0 Å². The maximum Gasteiger partial charge on any atom is 0.338 e. The van der Waals surface area contributed by atoms with Gasteiger partial charge in [-0.1, -0.05) is 21.1 Å². The highest BCUT2D eigenvalue weighted by Crippen LogP contribution is 2.23. The number of ether oxygens (including phenoxy) is 1. The van der Waals surface area contributed by atoms with Crippen molar-refractivity contribution in [2.45, 2.75) is 5.33 Å². The number of methoxy groups -OCH3 is 1. The molecular formula is C10H10BrN3O2. The van der Waals surface area contributed by atoms with Crippen molar-refractivity contribution in [1.82, 2.24) is 15.0 Å². The van der Waals surface area contributed by atoms with Gasteiger partial charge < -0.3 is 4.74 Å². The summed E-state index contributed by atoms with van der Waals surface area (Å²) in [4.78, 5) is 11.5. The van der Waals surface area contributed by atoms with Crippen LogP contribution in [0.25, 0.3) is 11.0 Å². The fourth-order valence-electron chi connectivity index (χ4n) is 1.59. The highest BCUT2D eigenvalue weighted by Gasteiger charge is 2.16. The van der Waals surface area contributed by atoms with Gasteiger partial charge in [-0.2, -0.15) is 0 Å². The van der Waals surface area contributed by atoms with Crippen LogP contribution in [-0.2, 0) is 17.1 Å². The number of rotatable bonds is 2. The average molecular weight is 284 g/mol. The predicted octanol–water partition coefficient (Wildman–Crippen LogP) is 1.65. The van der Waals surface area contributed by atoms with Gasteiger partial charge in [0.1, 0.15) is 5.52 Å². The Balaban J connectivity index is 2.73. The Hall–Kier alpha value is -1.43. The Morgan fingerprint density at radius 2 is 2.31 bits per heavy atom. The molecule has 5 nitrogen and oxygen atoms in total. The molecule has 0 aliphatic carbocycles. The van der Waals surface area contributed by atoms with Gasteiger partial charge in [0.25, 0.3) is 0 Å². The molecule has 1 aromatic heterocycles. The van der Waals surface area contributed by atoms with E-state index in [0.717, 1.165) is 16.6 Å². The summed E-state index contributed by atoms with van der Waals surface area (Å²) >= 11 is 3.35. The summed E-state index contributed by atoms with van der Waals surface area (Å²) in [5.74, 6) is -0.359. The van der Waals surface area contributed by atoms with Gasteiger partial charge in [0, 0.05) is 17.9 Å². The number of fused-ring (bicyclic) bond motifs is 1. The SMILES string of the molecule is COC(=O)c1ccc2c(nnn2C)c1CBr. The van der Waals surface area contributed by atoms with Crippen molar-refractivity contribution in [2.75, 3.05) is 7.11 Å². The van der Waals surface area contributed by atoms with Crippen LogP contribution >= 0.6 is 15.9 Å². The van der Waals surface area contributed by atoms with Gasteiger partial charge in [-0.25, -0.2) is 9.48 Å². The summed E-state index contributed by atoms with van der Waals surface area (Å²) in [6, 6.07) is 3.54. The molecule has 2 rings (SSSR count). The van der Waals surface area contributed by atoms with Gasteiger partial charge in [-0.05, 0) is 12.1 Å². The summed E-state index contributed by atoms with van der Waals surface area (Å²) in [6.07, 6.45) is 0. The fraction of sp³-hybridized carbons (Fsp3) is 0.300. The molecule has 84 valence electrons. The molecule has 0 bridgehead atoms. The second-order valence-corrected chi connectivity index (χ2v) is 3.86. The zero-order chi connectivity index (χ0) is 11.7. The summed E-state index contributed by atoms with van der Waals surface area (Å²) in [5, 5.41) is 8.50. The minimum Gasteiger partial charge on any atom is -0.465 e. The van der Waals surface area contributed by atoms with Crippen LogP contribution < -0.4 is 0 Å². The van der Waals surface area contributed by atoms with Crippen molar-refractivity contribution in [3.05, 3.63) is 23.3 Å². The molecule has 1 aromatic carbocycles. The zero-order valence-corrected chi connectivity index (χ0v) is 10.5. The predicted molar refractivity (Wildman–Crippen MR) is 62.5 cm³/mol. The minimum atomic E-state index is -0.359. The normalized spacial score (nSPS) is 10.7. The lowest BCUT2D eigenvalue weighted by atomic mass is 10.1. The van der Waals surface area contributed by atoms with Gasteiger partial charge in [-0.3, -0.25) is 0 Å². The van der Waals surface area contributed by atoms with Crippen molar-refractivity contribution in [3.8, 4) is 0 Å². The number of alkyl halides is 1. The molecule has 0 amide bonds. The Morgan fingerprint density at radius 3 is 2.94 bits per heavy atom. The first-order valence-electron chi connectivity index (χ1n) is 4.64. The third-order valence-corrected chi connectivity index (χ3v) is 2.99. The van der Waals surface area contributed by atoms with E-state index in [4.69, 9.17) is 4.74 Å².